The first-order chi connectivity index (χ1) is 7.13. The summed E-state index contributed by atoms with van der Waals surface area (Å²) in [5, 5.41) is 0. The van der Waals surface area contributed by atoms with E-state index in [1.165, 1.54) is 0 Å². The van der Waals surface area contributed by atoms with Crippen LogP contribution in [0.4, 0.5) is 5.69 Å². The van der Waals surface area contributed by atoms with E-state index < -0.39 is 0 Å². The Bertz CT molecular complexity index is 282. The smallest absolute Gasteiger partial charge is 0.119 e. The van der Waals surface area contributed by atoms with Crippen LogP contribution in [-0.2, 0) is 0 Å². The van der Waals surface area contributed by atoms with Gasteiger partial charge in [0.05, 0.1) is 6.61 Å². The predicted octanol–water partition coefficient (Wildman–Crippen LogP) is 1.87. The Labute approximate surface area is 91.8 Å². The van der Waals surface area contributed by atoms with Gasteiger partial charge < -0.3 is 15.4 Å². The van der Waals surface area contributed by atoms with Crippen LogP contribution >= 0.6 is 0 Å². The summed E-state index contributed by atoms with van der Waals surface area (Å²) >= 11 is 0. The van der Waals surface area contributed by atoms with Crippen LogP contribution in [0.15, 0.2) is 24.3 Å². The molecule has 1 aromatic carbocycles. The second-order valence-electron chi connectivity index (χ2n) is 3.78. The maximum Gasteiger partial charge on any atom is 0.119 e. The Morgan fingerprint density at radius 2 is 1.93 bits per heavy atom. The summed E-state index contributed by atoms with van der Waals surface area (Å²) in [7, 11) is 2.04. The third kappa shape index (κ3) is 3.80. The molecule has 1 atom stereocenters. The summed E-state index contributed by atoms with van der Waals surface area (Å²) in [6, 6.07) is 8.25. The Morgan fingerprint density at radius 3 is 2.40 bits per heavy atom. The van der Waals surface area contributed by atoms with Crippen molar-refractivity contribution in [3.63, 3.8) is 0 Å². The number of rotatable bonds is 5. The van der Waals surface area contributed by atoms with Gasteiger partial charge in [0.15, 0.2) is 0 Å². The van der Waals surface area contributed by atoms with Crippen LogP contribution in [0.2, 0.25) is 0 Å². The molecule has 0 saturated heterocycles. The quantitative estimate of drug-likeness (QED) is 0.802. The molecule has 0 bridgehead atoms. The zero-order valence-electron chi connectivity index (χ0n) is 9.73. The summed E-state index contributed by atoms with van der Waals surface area (Å²) in [6.07, 6.45) is 0. The fraction of sp³-hybridized carbons (Fsp3) is 0.500. The van der Waals surface area contributed by atoms with Crippen LogP contribution in [0, 0.1) is 0 Å². The second-order valence-corrected chi connectivity index (χ2v) is 3.78. The minimum atomic E-state index is 0.182. The van der Waals surface area contributed by atoms with Gasteiger partial charge in [0, 0.05) is 25.3 Å². The standard InChI is InChI=1S/C12H20N2O/c1-4-15-12-7-5-11(6-8-12)14(3)9-10(2)13/h5-8,10H,4,9,13H2,1-3H3. The molecule has 1 rings (SSSR count). The van der Waals surface area contributed by atoms with Gasteiger partial charge in [-0.1, -0.05) is 0 Å². The fourth-order valence-electron chi connectivity index (χ4n) is 1.50. The lowest BCUT2D eigenvalue weighted by Crippen LogP contribution is -2.32. The van der Waals surface area contributed by atoms with Crippen LogP contribution in [0.25, 0.3) is 0 Å². The van der Waals surface area contributed by atoms with Gasteiger partial charge in [-0.3, -0.25) is 0 Å². The monoisotopic (exact) mass is 208 g/mol. The predicted molar refractivity (Wildman–Crippen MR) is 64.5 cm³/mol. The van der Waals surface area contributed by atoms with Crippen LogP contribution < -0.4 is 15.4 Å². The van der Waals surface area contributed by atoms with Crippen molar-refractivity contribution in [2.45, 2.75) is 19.9 Å². The average molecular weight is 208 g/mol. The Kier molecular flexibility index (Phi) is 4.43. The lowest BCUT2D eigenvalue weighted by atomic mass is 10.2. The van der Waals surface area contributed by atoms with Crippen molar-refractivity contribution in [1.82, 2.24) is 0 Å². The zero-order chi connectivity index (χ0) is 11.3. The largest absolute Gasteiger partial charge is 0.494 e. The fourth-order valence-corrected chi connectivity index (χ4v) is 1.50. The van der Waals surface area contributed by atoms with E-state index in [0.29, 0.717) is 6.61 Å². The molecular weight excluding hydrogens is 188 g/mol. The van der Waals surface area contributed by atoms with Gasteiger partial charge in [0.2, 0.25) is 0 Å². The van der Waals surface area contributed by atoms with E-state index in [1.807, 2.05) is 45.2 Å². The number of likely N-dealkylation sites (N-methyl/N-ethyl adjacent to an activating group) is 1. The van der Waals surface area contributed by atoms with Gasteiger partial charge >= 0.3 is 0 Å². The molecule has 0 spiro atoms. The number of nitrogens with zero attached hydrogens (tertiary/aromatic N) is 1. The second kappa shape index (κ2) is 5.61. The molecule has 1 unspecified atom stereocenters. The van der Waals surface area contributed by atoms with Crippen molar-refractivity contribution in [3.05, 3.63) is 24.3 Å². The Balaban J connectivity index is 2.62. The average Bonchev–Trinajstić information content (AvgIpc) is 2.18. The SMILES string of the molecule is CCOc1ccc(N(C)CC(C)N)cc1. The number of hydrogen-bond acceptors (Lipinski definition) is 3. The molecule has 0 aliphatic heterocycles. The first-order valence-electron chi connectivity index (χ1n) is 5.33. The van der Waals surface area contributed by atoms with E-state index in [2.05, 4.69) is 4.90 Å². The number of hydrogen-bond donors (Lipinski definition) is 1. The van der Waals surface area contributed by atoms with E-state index >= 15 is 0 Å². The Morgan fingerprint density at radius 1 is 1.33 bits per heavy atom. The minimum Gasteiger partial charge on any atom is -0.494 e. The molecule has 0 aliphatic carbocycles. The molecule has 0 aromatic heterocycles. The van der Waals surface area contributed by atoms with Gasteiger partial charge in [0.1, 0.15) is 5.75 Å². The van der Waals surface area contributed by atoms with E-state index in [-0.39, 0.29) is 6.04 Å². The topological polar surface area (TPSA) is 38.5 Å². The molecule has 84 valence electrons. The maximum absolute atomic E-state index is 5.74. The van der Waals surface area contributed by atoms with Gasteiger partial charge in [0.25, 0.3) is 0 Å². The van der Waals surface area contributed by atoms with Gasteiger partial charge in [-0.2, -0.15) is 0 Å². The molecule has 3 heteroatoms. The van der Waals surface area contributed by atoms with E-state index in [0.717, 1.165) is 18.0 Å². The van der Waals surface area contributed by atoms with Gasteiger partial charge in [-0.25, -0.2) is 0 Å². The number of ether oxygens (including phenoxy) is 1. The first kappa shape index (κ1) is 11.9. The Hall–Kier alpha value is -1.22. The summed E-state index contributed by atoms with van der Waals surface area (Å²) in [4.78, 5) is 2.14. The summed E-state index contributed by atoms with van der Waals surface area (Å²) in [6.45, 7) is 5.55. The minimum absolute atomic E-state index is 0.182. The van der Waals surface area contributed by atoms with Crippen LogP contribution in [0.1, 0.15) is 13.8 Å². The lowest BCUT2D eigenvalue weighted by Gasteiger charge is -2.21. The van der Waals surface area contributed by atoms with Crippen LogP contribution in [0.3, 0.4) is 0 Å². The highest BCUT2D eigenvalue weighted by atomic mass is 16.5. The molecular formula is C12H20N2O. The molecule has 0 saturated carbocycles. The van der Waals surface area contributed by atoms with E-state index in [9.17, 15) is 0 Å². The molecule has 15 heavy (non-hydrogen) atoms. The van der Waals surface area contributed by atoms with Crippen molar-refractivity contribution in [3.8, 4) is 5.75 Å². The highest BCUT2D eigenvalue weighted by molar-refractivity contribution is 5.48. The first-order valence-corrected chi connectivity index (χ1v) is 5.33. The van der Waals surface area contributed by atoms with Gasteiger partial charge in [-0.15, -0.1) is 0 Å². The third-order valence-electron chi connectivity index (χ3n) is 2.15. The number of nitrogens with two attached hydrogens (primary N) is 1. The molecule has 0 aliphatic rings. The van der Waals surface area contributed by atoms with Crippen molar-refractivity contribution < 1.29 is 4.74 Å². The van der Waals surface area contributed by atoms with E-state index in [1.54, 1.807) is 0 Å². The maximum atomic E-state index is 5.74. The lowest BCUT2D eigenvalue weighted by molar-refractivity contribution is 0.340. The van der Waals surface area contributed by atoms with Crippen molar-refractivity contribution in [2.75, 3.05) is 25.1 Å². The molecule has 0 radical (unpaired) electrons. The molecule has 1 aromatic rings. The molecule has 0 fully saturated rings. The highest BCUT2D eigenvalue weighted by Gasteiger charge is 2.03. The van der Waals surface area contributed by atoms with Gasteiger partial charge in [-0.05, 0) is 38.1 Å². The molecule has 2 N–H and O–H groups in total. The van der Waals surface area contributed by atoms with Crippen LogP contribution in [0.5, 0.6) is 5.75 Å². The zero-order valence-corrected chi connectivity index (χ0v) is 9.73. The van der Waals surface area contributed by atoms with E-state index in [4.69, 9.17) is 10.5 Å². The molecule has 3 nitrogen and oxygen atoms in total. The third-order valence-corrected chi connectivity index (χ3v) is 2.15. The van der Waals surface area contributed by atoms with Crippen molar-refractivity contribution in [1.29, 1.82) is 0 Å². The molecule has 0 heterocycles. The number of benzene rings is 1. The summed E-state index contributed by atoms with van der Waals surface area (Å²) in [5.41, 5.74) is 6.90. The van der Waals surface area contributed by atoms with Crippen molar-refractivity contribution >= 4 is 5.69 Å². The normalized spacial score (nSPS) is 12.3. The highest BCUT2D eigenvalue weighted by Crippen LogP contribution is 2.18. The molecule has 0 amide bonds. The number of anilines is 1. The summed E-state index contributed by atoms with van der Waals surface area (Å²) < 4.78 is 5.38. The van der Waals surface area contributed by atoms with Crippen molar-refractivity contribution in [2.24, 2.45) is 5.73 Å². The summed E-state index contributed by atoms with van der Waals surface area (Å²) in [5.74, 6) is 0.912. The van der Waals surface area contributed by atoms with Crippen LogP contribution in [-0.4, -0.2) is 26.2 Å².